The lowest BCUT2D eigenvalue weighted by Gasteiger charge is -2.38. The van der Waals surface area contributed by atoms with Gasteiger partial charge in [0.15, 0.2) is 0 Å². The number of aromatic nitrogens is 1. The Labute approximate surface area is 114 Å². The zero-order chi connectivity index (χ0) is 13.8. The number of amides is 1. The summed E-state index contributed by atoms with van der Waals surface area (Å²) in [5, 5.41) is 4.99. The molecule has 2 rings (SSSR count). The van der Waals surface area contributed by atoms with Gasteiger partial charge in [-0.1, -0.05) is 12.5 Å². The highest BCUT2D eigenvalue weighted by atomic mass is 16.2. The van der Waals surface area contributed by atoms with E-state index in [4.69, 9.17) is 0 Å². The predicted molar refractivity (Wildman–Crippen MR) is 75.9 cm³/mol. The number of anilines is 1. The zero-order valence-corrected chi connectivity index (χ0v) is 11.8. The minimum atomic E-state index is -0.141. The maximum Gasteiger partial charge on any atom is 0.284 e. The summed E-state index contributed by atoms with van der Waals surface area (Å²) < 4.78 is 0. The average molecular weight is 262 g/mol. The van der Waals surface area contributed by atoms with Gasteiger partial charge in [0.05, 0.1) is 0 Å². The molecule has 0 aliphatic carbocycles. The fourth-order valence-electron chi connectivity index (χ4n) is 2.52. The van der Waals surface area contributed by atoms with E-state index in [1.807, 2.05) is 12.1 Å². The molecule has 0 spiro atoms. The number of nitrogens with one attached hydrogen (secondary N) is 2. The lowest BCUT2D eigenvalue weighted by atomic mass is 10.00. The van der Waals surface area contributed by atoms with E-state index in [1.54, 1.807) is 13.1 Å². The first-order valence-corrected chi connectivity index (χ1v) is 6.86. The molecule has 1 aromatic heterocycles. The van der Waals surface area contributed by atoms with Gasteiger partial charge < -0.3 is 5.32 Å². The van der Waals surface area contributed by atoms with Crippen LogP contribution in [0.2, 0.25) is 0 Å². The third-order valence-corrected chi connectivity index (χ3v) is 3.66. The van der Waals surface area contributed by atoms with Gasteiger partial charge in [-0.15, -0.1) is 0 Å². The summed E-state index contributed by atoms with van der Waals surface area (Å²) in [7, 11) is 1.79. The van der Waals surface area contributed by atoms with Crippen LogP contribution in [0.1, 0.15) is 43.6 Å². The standard InChI is InChI=1S/C14H22N4O/c1-10-6-4-7-11(2)18(10)17-14(19)12-8-5-9-13(15-3)16-12/h5,8-11H,4,6-7H2,1-3H3,(H,15,16)(H,17,19). The lowest BCUT2D eigenvalue weighted by molar-refractivity contribution is 0.0366. The van der Waals surface area contributed by atoms with Crippen LogP contribution in [0.5, 0.6) is 0 Å². The second-order valence-corrected chi connectivity index (χ2v) is 5.14. The van der Waals surface area contributed by atoms with Crippen molar-refractivity contribution in [3.05, 3.63) is 23.9 Å². The van der Waals surface area contributed by atoms with Gasteiger partial charge in [0.1, 0.15) is 11.5 Å². The number of nitrogens with zero attached hydrogens (tertiary/aromatic N) is 2. The van der Waals surface area contributed by atoms with Crippen LogP contribution in [-0.2, 0) is 0 Å². The Bertz CT molecular complexity index is 439. The monoisotopic (exact) mass is 262 g/mol. The minimum Gasteiger partial charge on any atom is -0.373 e. The number of pyridine rings is 1. The van der Waals surface area contributed by atoms with E-state index < -0.39 is 0 Å². The Morgan fingerprint density at radius 1 is 1.32 bits per heavy atom. The van der Waals surface area contributed by atoms with Crippen LogP contribution in [0, 0.1) is 0 Å². The summed E-state index contributed by atoms with van der Waals surface area (Å²) in [6, 6.07) is 6.15. The van der Waals surface area contributed by atoms with Crippen molar-refractivity contribution in [1.82, 2.24) is 15.4 Å². The topological polar surface area (TPSA) is 57.3 Å². The molecule has 19 heavy (non-hydrogen) atoms. The number of piperidine rings is 1. The van der Waals surface area contributed by atoms with E-state index in [-0.39, 0.29) is 5.91 Å². The lowest BCUT2D eigenvalue weighted by Crippen LogP contribution is -2.54. The largest absolute Gasteiger partial charge is 0.373 e. The summed E-state index contributed by atoms with van der Waals surface area (Å²) in [6.45, 7) is 4.29. The summed E-state index contributed by atoms with van der Waals surface area (Å²) in [5.41, 5.74) is 3.43. The van der Waals surface area contributed by atoms with Crippen molar-refractivity contribution >= 4 is 11.7 Å². The zero-order valence-electron chi connectivity index (χ0n) is 11.8. The normalized spacial score (nSPS) is 23.9. The average Bonchev–Trinajstić information content (AvgIpc) is 2.43. The van der Waals surface area contributed by atoms with Crippen LogP contribution in [0.15, 0.2) is 18.2 Å². The van der Waals surface area contributed by atoms with Crippen molar-refractivity contribution < 1.29 is 4.79 Å². The maximum absolute atomic E-state index is 12.2. The molecule has 0 radical (unpaired) electrons. The first-order chi connectivity index (χ1) is 9.11. The van der Waals surface area contributed by atoms with Crippen LogP contribution < -0.4 is 10.7 Å². The smallest absolute Gasteiger partial charge is 0.284 e. The van der Waals surface area contributed by atoms with E-state index in [0.29, 0.717) is 23.6 Å². The summed E-state index contributed by atoms with van der Waals surface area (Å²) >= 11 is 0. The van der Waals surface area contributed by atoms with E-state index >= 15 is 0 Å². The number of hydrogen-bond acceptors (Lipinski definition) is 4. The van der Waals surface area contributed by atoms with Crippen LogP contribution in [-0.4, -0.2) is 35.0 Å². The number of rotatable bonds is 3. The van der Waals surface area contributed by atoms with E-state index in [1.165, 1.54) is 6.42 Å². The van der Waals surface area contributed by atoms with Crippen molar-refractivity contribution in [2.45, 2.75) is 45.2 Å². The van der Waals surface area contributed by atoms with Crippen LogP contribution in [0.3, 0.4) is 0 Å². The third kappa shape index (κ3) is 3.23. The molecule has 1 saturated heterocycles. The molecular weight excluding hydrogens is 240 g/mol. The van der Waals surface area contributed by atoms with Crippen molar-refractivity contribution in [1.29, 1.82) is 0 Å². The molecule has 1 amide bonds. The van der Waals surface area contributed by atoms with Gasteiger partial charge >= 0.3 is 0 Å². The Morgan fingerprint density at radius 3 is 2.63 bits per heavy atom. The van der Waals surface area contributed by atoms with E-state index in [9.17, 15) is 4.79 Å². The Hall–Kier alpha value is -1.62. The van der Waals surface area contributed by atoms with Gasteiger partial charge in [0.25, 0.3) is 5.91 Å². The molecule has 0 saturated carbocycles. The van der Waals surface area contributed by atoms with Crippen LogP contribution >= 0.6 is 0 Å². The van der Waals surface area contributed by atoms with Crippen molar-refractivity contribution in [2.24, 2.45) is 0 Å². The molecule has 2 unspecified atom stereocenters. The van der Waals surface area contributed by atoms with E-state index in [2.05, 4.69) is 34.6 Å². The summed E-state index contributed by atoms with van der Waals surface area (Å²) in [4.78, 5) is 16.5. The molecule has 104 valence electrons. The summed E-state index contributed by atoms with van der Waals surface area (Å²) in [6.07, 6.45) is 3.46. The fraction of sp³-hybridized carbons (Fsp3) is 0.571. The van der Waals surface area contributed by atoms with Crippen molar-refractivity contribution in [3.8, 4) is 0 Å². The highest BCUT2D eigenvalue weighted by Crippen LogP contribution is 2.20. The molecule has 2 atom stereocenters. The Kier molecular flexibility index (Phi) is 4.37. The van der Waals surface area contributed by atoms with Crippen molar-refractivity contribution in [3.63, 3.8) is 0 Å². The second kappa shape index (κ2) is 6.02. The van der Waals surface area contributed by atoms with Crippen LogP contribution in [0.4, 0.5) is 5.82 Å². The minimum absolute atomic E-state index is 0.141. The van der Waals surface area contributed by atoms with Gasteiger partial charge in [-0.3, -0.25) is 10.2 Å². The molecule has 1 aliphatic rings. The first-order valence-electron chi connectivity index (χ1n) is 6.86. The number of hydrazine groups is 1. The van der Waals surface area contributed by atoms with Gasteiger partial charge in [0, 0.05) is 19.1 Å². The summed E-state index contributed by atoms with van der Waals surface area (Å²) in [5.74, 6) is 0.560. The molecule has 5 nitrogen and oxygen atoms in total. The molecule has 0 aromatic carbocycles. The number of carbonyl (C=O) groups excluding carboxylic acids is 1. The highest BCUT2D eigenvalue weighted by molar-refractivity contribution is 5.92. The van der Waals surface area contributed by atoms with Crippen LogP contribution in [0.25, 0.3) is 0 Å². The van der Waals surface area contributed by atoms with E-state index in [0.717, 1.165) is 12.8 Å². The first kappa shape index (κ1) is 13.8. The second-order valence-electron chi connectivity index (χ2n) is 5.14. The number of carbonyl (C=O) groups is 1. The number of hydrogen-bond donors (Lipinski definition) is 2. The van der Waals surface area contributed by atoms with Gasteiger partial charge in [-0.05, 0) is 38.8 Å². The Morgan fingerprint density at radius 2 is 2.00 bits per heavy atom. The Balaban J connectivity index is 2.07. The molecule has 5 heteroatoms. The highest BCUT2D eigenvalue weighted by Gasteiger charge is 2.26. The molecule has 2 heterocycles. The quantitative estimate of drug-likeness (QED) is 0.875. The molecule has 2 N–H and O–H groups in total. The van der Waals surface area contributed by atoms with Gasteiger partial charge in [0.2, 0.25) is 0 Å². The molecular formula is C14H22N4O. The predicted octanol–water partition coefficient (Wildman–Crippen LogP) is 2.03. The third-order valence-electron chi connectivity index (χ3n) is 3.66. The van der Waals surface area contributed by atoms with Gasteiger partial charge in [-0.2, -0.15) is 0 Å². The fourth-order valence-corrected chi connectivity index (χ4v) is 2.52. The maximum atomic E-state index is 12.2. The molecule has 1 fully saturated rings. The SMILES string of the molecule is CNc1cccc(C(=O)NN2C(C)CCCC2C)n1. The van der Waals surface area contributed by atoms with Gasteiger partial charge in [-0.25, -0.2) is 9.99 Å². The molecule has 1 aromatic rings. The molecule has 1 aliphatic heterocycles. The molecule has 0 bridgehead atoms. The van der Waals surface area contributed by atoms with Crippen molar-refractivity contribution in [2.75, 3.05) is 12.4 Å².